The normalized spacial score (nSPS) is 16.1. The Hall–Kier alpha value is -0.720. The van der Waals surface area contributed by atoms with Gasteiger partial charge in [0.1, 0.15) is 6.67 Å². The van der Waals surface area contributed by atoms with Crippen LogP contribution in [0.2, 0.25) is 0 Å². The minimum atomic E-state index is 0.0561. The quantitative estimate of drug-likeness (QED) is 0.545. The zero-order chi connectivity index (χ0) is 7.84. The first kappa shape index (κ1) is 6.96. The van der Waals surface area contributed by atoms with Crippen LogP contribution >= 0.6 is 22.9 Å². The number of nitrogens with zero attached hydrogens (tertiary/aromatic N) is 1. The molecule has 11 heavy (non-hydrogen) atoms. The van der Waals surface area contributed by atoms with Gasteiger partial charge in [0, 0.05) is 12.4 Å². The SMILES string of the molecule is O=C1c2c[nH]cc2NCN1I. The first-order valence-corrected chi connectivity index (χ1v) is 4.14. The van der Waals surface area contributed by atoms with Gasteiger partial charge in [0.2, 0.25) is 0 Å². The van der Waals surface area contributed by atoms with Crippen molar-refractivity contribution in [2.75, 3.05) is 12.0 Å². The van der Waals surface area contributed by atoms with Gasteiger partial charge in [-0.3, -0.25) is 7.91 Å². The summed E-state index contributed by atoms with van der Waals surface area (Å²) in [7, 11) is 0. The van der Waals surface area contributed by atoms with Gasteiger partial charge in [-0.05, 0) is 0 Å². The highest BCUT2D eigenvalue weighted by Gasteiger charge is 2.22. The molecule has 2 heterocycles. The number of carbonyl (C=O) groups excluding carboxylic acids is 1. The summed E-state index contributed by atoms with van der Waals surface area (Å²) in [4.78, 5) is 14.2. The molecule has 1 aromatic heterocycles. The largest absolute Gasteiger partial charge is 0.365 e. The summed E-state index contributed by atoms with van der Waals surface area (Å²) in [5.41, 5.74) is 1.61. The molecule has 1 aliphatic heterocycles. The Morgan fingerprint density at radius 3 is 3.18 bits per heavy atom. The molecule has 0 unspecified atom stereocenters. The number of H-pyrrole nitrogens is 1. The maximum Gasteiger partial charge on any atom is 0.267 e. The van der Waals surface area contributed by atoms with E-state index in [1.54, 1.807) is 15.5 Å². The van der Waals surface area contributed by atoms with E-state index in [9.17, 15) is 4.79 Å². The van der Waals surface area contributed by atoms with Crippen LogP contribution in [0.3, 0.4) is 0 Å². The third-order valence-electron chi connectivity index (χ3n) is 1.60. The van der Waals surface area contributed by atoms with Gasteiger partial charge in [0.25, 0.3) is 5.91 Å². The van der Waals surface area contributed by atoms with Gasteiger partial charge in [-0.1, -0.05) is 0 Å². The van der Waals surface area contributed by atoms with Gasteiger partial charge in [-0.25, -0.2) is 0 Å². The second kappa shape index (κ2) is 2.40. The van der Waals surface area contributed by atoms with Crippen LogP contribution in [0.1, 0.15) is 10.4 Å². The first-order chi connectivity index (χ1) is 5.29. The molecular formula is C6H6IN3O. The summed E-state index contributed by atoms with van der Waals surface area (Å²) in [5, 5.41) is 3.09. The Balaban J connectivity index is 2.46. The molecule has 0 bridgehead atoms. The summed E-state index contributed by atoms with van der Waals surface area (Å²) < 4.78 is 1.61. The Morgan fingerprint density at radius 2 is 2.36 bits per heavy atom. The van der Waals surface area contributed by atoms with E-state index >= 15 is 0 Å². The van der Waals surface area contributed by atoms with E-state index in [1.807, 2.05) is 22.9 Å². The zero-order valence-electron chi connectivity index (χ0n) is 5.60. The lowest BCUT2D eigenvalue weighted by atomic mass is 10.2. The van der Waals surface area contributed by atoms with Crippen molar-refractivity contribution in [3.63, 3.8) is 0 Å². The molecule has 0 radical (unpaired) electrons. The molecule has 0 aliphatic carbocycles. The second-order valence-electron chi connectivity index (χ2n) is 2.28. The number of hydrogen-bond donors (Lipinski definition) is 2. The van der Waals surface area contributed by atoms with Crippen molar-refractivity contribution in [3.8, 4) is 0 Å². The number of hydrogen-bond acceptors (Lipinski definition) is 2. The number of aromatic nitrogens is 1. The van der Waals surface area contributed by atoms with Crippen LogP contribution in [0.4, 0.5) is 5.69 Å². The van der Waals surface area contributed by atoms with E-state index in [4.69, 9.17) is 0 Å². The number of halogens is 1. The predicted octanol–water partition coefficient (Wildman–Crippen LogP) is 1.19. The van der Waals surface area contributed by atoms with Crippen LogP contribution in [-0.4, -0.2) is 20.7 Å². The highest BCUT2D eigenvalue weighted by Crippen LogP contribution is 2.22. The molecule has 0 atom stereocenters. The van der Waals surface area contributed by atoms with E-state index in [2.05, 4.69) is 10.3 Å². The Bertz CT molecular complexity index is 296. The number of amides is 1. The summed E-state index contributed by atoms with van der Waals surface area (Å²) >= 11 is 1.98. The Labute approximate surface area is 77.5 Å². The molecule has 58 valence electrons. The average molecular weight is 263 g/mol. The molecule has 1 amide bonds. The summed E-state index contributed by atoms with van der Waals surface area (Å²) in [6, 6.07) is 0. The van der Waals surface area contributed by atoms with Crippen LogP contribution in [0, 0.1) is 0 Å². The number of anilines is 1. The van der Waals surface area contributed by atoms with Crippen molar-refractivity contribution in [1.82, 2.24) is 8.10 Å². The lowest BCUT2D eigenvalue weighted by molar-refractivity contribution is 0.0889. The number of rotatable bonds is 0. The van der Waals surface area contributed by atoms with E-state index in [1.165, 1.54) is 0 Å². The molecule has 0 saturated heterocycles. The summed E-state index contributed by atoms with van der Waals surface area (Å²) in [6.07, 6.45) is 3.49. The Kier molecular flexibility index (Phi) is 1.52. The molecule has 0 saturated carbocycles. The molecule has 4 nitrogen and oxygen atoms in total. The molecule has 2 N–H and O–H groups in total. The van der Waals surface area contributed by atoms with E-state index in [-0.39, 0.29) is 5.91 Å². The van der Waals surface area contributed by atoms with Crippen molar-refractivity contribution in [2.45, 2.75) is 0 Å². The van der Waals surface area contributed by atoms with Gasteiger partial charge in [0.15, 0.2) is 0 Å². The monoisotopic (exact) mass is 263 g/mol. The lowest BCUT2D eigenvalue weighted by Gasteiger charge is -2.21. The molecule has 1 aliphatic rings. The van der Waals surface area contributed by atoms with Gasteiger partial charge >= 0.3 is 0 Å². The first-order valence-electron chi connectivity index (χ1n) is 3.17. The van der Waals surface area contributed by atoms with Gasteiger partial charge in [0.05, 0.1) is 34.1 Å². The second-order valence-corrected chi connectivity index (χ2v) is 3.45. The highest BCUT2D eigenvalue weighted by molar-refractivity contribution is 14.1. The van der Waals surface area contributed by atoms with Gasteiger partial charge in [-0.15, -0.1) is 0 Å². The van der Waals surface area contributed by atoms with Crippen LogP contribution in [0.5, 0.6) is 0 Å². The van der Waals surface area contributed by atoms with Crippen LogP contribution < -0.4 is 5.32 Å². The zero-order valence-corrected chi connectivity index (χ0v) is 7.75. The molecule has 0 spiro atoms. The third kappa shape index (κ3) is 0.991. The molecule has 2 rings (SSSR count). The molecular weight excluding hydrogens is 257 g/mol. The van der Waals surface area contributed by atoms with Crippen LogP contribution in [0.25, 0.3) is 0 Å². The summed E-state index contributed by atoms with van der Waals surface area (Å²) in [6.45, 7) is 0.574. The maximum absolute atomic E-state index is 11.3. The maximum atomic E-state index is 11.3. The van der Waals surface area contributed by atoms with Gasteiger partial charge < -0.3 is 10.3 Å². The topological polar surface area (TPSA) is 48.1 Å². The van der Waals surface area contributed by atoms with Crippen molar-refractivity contribution in [2.24, 2.45) is 0 Å². The molecule has 1 aromatic rings. The minimum Gasteiger partial charge on any atom is -0.365 e. The standard InChI is InChI=1S/C6H6IN3O/c7-10-3-9-5-2-8-1-4(5)6(10)11/h1-2,8-9H,3H2. The fourth-order valence-corrected chi connectivity index (χ4v) is 1.47. The average Bonchev–Trinajstić information content (AvgIpc) is 2.45. The van der Waals surface area contributed by atoms with Crippen molar-refractivity contribution in [1.29, 1.82) is 0 Å². The van der Waals surface area contributed by atoms with Crippen LogP contribution in [0.15, 0.2) is 12.4 Å². The van der Waals surface area contributed by atoms with Crippen molar-refractivity contribution < 1.29 is 4.79 Å². The number of aromatic amines is 1. The smallest absolute Gasteiger partial charge is 0.267 e. The van der Waals surface area contributed by atoms with Crippen LogP contribution in [-0.2, 0) is 0 Å². The predicted molar refractivity (Wildman–Crippen MR) is 49.5 cm³/mol. The van der Waals surface area contributed by atoms with Crippen molar-refractivity contribution in [3.05, 3.63) is 18.0 Å². The van der Waals surface area contributed by atoms with E-state index in [0.717, 1.165) is 5.69 Å². The van der Waals surface area contributed by atoms with Crippen molar-refractivity contribution >= 4 is 34.5 Å². The molecule has 0 fully saturated rings. The summed E-state index contributed by atoms with van der Waals surface area (Å²) in [5.74, 6) is 0.0561. The van der Waals surface area contributed by atoms with Gasteiger partial charge in [-0.2, -0.15) is 0 Å². The Morgan fingerprint density at radius 1 is 1.55 bits per heavy atom. The fourth-order valence-electron chi connectivity index (χ4n) is 1.04. The minimum absolute atomic E-state index is 0.0561. The number of nitrogens with one attached hydrogen (secondary N) is 2. The molecule has 5 heteroatoms. The van der Waals surface area contributed by atoms with E-state index < -0.39 is 0 Å². The third-order valence-corrected chi connectivity index (χ3v) is 2.38. The number of fused-ring (bicyclic) bond motifs is 1. The lowest BCUT2D eigenvalue weighted by Crippen LogP contribution is -2.31. The van der Waals surface area contributed by atoms with E-state index in [0.29, 0.717) is 12.2 Å². The number of carbonyl (C=O) groups is 1. The fraction of sp³-hybridized carbons (Fsp3) is 0.167. The highest BCUT2D eigenvalue weighted by atomic mass is 127. The molecule has 0 aromatic carbocycles.